The molecule has 0 spiro atoms. The van der Waals surface area contributed by atoms with Gasteiger partial charge in [0.1, 0.15) is 11.6 Å². The van der Waals surface area contributed by atoms with Crippen molar-refractivity contribution >= 4 is 5.91 Å². The van der Waals surface area contributed by atoms with E-state index in [0.717, 1.165) is 5.56 Å². The molecule has 0 radical (unpaired) electrons. The van der Waals surface area contributed by atoms with Crippen molar-refractivity contribution < 1.29 is 13.9 Å². The summed E-state index contributed by atoms with van der Waals surface area (Å²) in [7, 11) is 0. The normalized spacial score (nSPS) is 13.8. The van der Waals surface area contributed by atoms with E-state index in [1.807, 2.05) is 19.1 Å². The number of carbonyl (C=O) groups is 1. The molecule has 1 N–H and O–H groups in total. The predicted octanol–water partition coefficient (Wildman–Crippen LogP) is 4.77. The van der Waals surface area contributed by atoms with Crippen LogP contribution in [0.3, 0.4) is 0 Å². The zero-order chi connectivity index (χ0) is 18.6. The topological polar surface area (TPSA) is 38.3 Å². The van der Waals surface area contributed by atoms with Crippen LogP contribution < -0.4 is 10.1 Å². The van der Waals surface area contributed by atoms with E-state index in [1.54, 1.807) is 6.92 Å². The van der Waals surface area contributed by atoms with E-state index in [1.165, 1.54) is 29.8 Å². The Kier molecular flexibility index (Phi) is 5.83. The molecule has 2 atom stereocenters. The van der Waals surface area contributed by atoms with E-state index in [9.17, 15) is 9.18 Å². The summed E-state index contributed by atoms with van der Waals surface area (Å²) >= 11 is 0. The minimum Gasteiger partial charge on any atom is -0.481 e. The first-order valence-corrected chi connectivity index (χ1v) is 8.50. The lowest BCUT2D eigenvalue weighted by molar-refractivity contribution is -0.127. The van der Waals surface area contributed by atoms with Gasteiger partial charge in [-0.3, -0.25) is 4.79 Å². The van der Waals surface area contributed by atoms with Gasteiger partial charge in [-0.15, -0.1) is 0 Å². The summed E-state index contributed by atoms with van der Waals surface area (Å²) in [4.78, 5) is 12.3. The summed E-state index contributed by atoms with van der Waals surface area (Å²) in [5.74, 6) is -0.0836. The van der Waals surface area contributed by atoms with Gasteiger partial charge < -0.3 is 10.1 Å². The van der Waals surface area contributed by atoms with Crippen LogP contribution in [0.1, 0.15) is 51.8 Å². The summed E-state index contributed by atoms with van der Waals surface area (Å²) in [5.41, 5.74) is 2.39. The van der Waals surface area contributed by atoms with E-state index in [0.29, 0.717) is 5.75 Å². The van der Waals surface area contributed by atoms with Crippen molar-refractivity contribution in [3.05, 3.63) is 65.5 Å². The van der Waals surface area contributed by atoms with Gasteiger partial charge >= 0.3 is 0 Å². The molecular weight excluding hydrogens is 317 g/mol. The molecule has 1 amide bonds. The third kappa shape index (κ3) is 5.31. The number of halogens is 1. The van der Waals surface area contributed by atoms with Gasteiger partial charge in [0.15, 0.2) is 6.10 Å². The van der Waals surface area contributed by atoms with Gasteiger partial charge in [-0.1, -0.05) is 45.0 Å². The van der Waals surface area contributed by atoms with Crippen molar-refractivity contribution in [1.29, 1.82) is 0 Å². The smallest absolute Gasteiger partial charge is 0.261 e. The number of ether oxygens (including phenoxy) is 1. The standard InChI is InChI=1S/C21H26FNO2/c1-14(16-6-8-17(9-7-16)21(3,4)5)23-20(24)15(2)25-19-12-10-18(22)11-13-19/h6-15H,1-5H3,(H,23,24)/t14-,15-/m0/s1. The second-order valence-electron chi connectivity index (χ2n) is 7.32. The molecule has 0 saturated carbocycles. The van der Waals surface area contributed by atoms with E-state index in [-0.39, 0.29) is 23.2 Å². The highest BCUT2D eigenvalue weighted by molar-refractivity contribution is 5.81. The van der Waals surface area contributed by atoms with Crippen LogP contribution in [0.2, 0.25) is 0 Å². The monoisotopic (exact) mass is 343 g/mol. The first-order chi connectivity index (χ1) is 11.7. The molecule has 0 heterocycles. The Morgan fingerprint density at radius 1 is 1.00 bits per heavy atom. The third-order valence-corrected chi connectivity index (χ3v) is 4.13. The van der Waals surface area contributed by atoms with Gasteiger partial charge in [0, 0.05) is 0 Å². The van der Waals surface area contributed by atoms with Crippen molar-refractivity contribution in [2.75, 3.05) is 0 Å². The van der Waals surface area contributed by atoms with Crippen LogP contribution in [-0.2, 0) is 10.2 Å². The number of amides is 1. The van der Waals surface area contributed by atoms with Crippen LogP contribution in [0.25, 0.3) is 0 Å². The Bertz CT molecular complexity index is 702. The maximum absolute atomic E-state index is 12.9. The van der Waals surface area contributed by atoms with E-state index >= 15 is 0 Å². The highest BCUT2D eigenvalue weighted by Gasteiger charge is 2.19. The van der Waals surface area contributed by atoms with Gasteiger partial charge in [0.2, 0.25) is 0 Å². The minimum absolute atomic E-state index is 0.0997. The van der Waals surface area contributed by atoms with Crippen molar-refractivity contribution in [3.8, 4) is 5.75 Å². The number of nitrogens with one attached hydrogen (secondary N) is 1. The SMILES string of the molecule is C[C@H](Oc1ccc(F)cc1)C(=O)N[C@@H](C)c1ccc(C(C)(C)C)cc1. The molecule has 134 valence electrons. The maximum Gasteiger partial charge on any atom is 0.261 e. The summed E-state index contributed by atoms with van der Waals surface area (Å²) in [6.45, 7) is 10.1. The Morgan fingerprint density at radius 3 is 2.08 bits per heavy atom. The third-order valence-electron chi connectivity index (χ3n) is 4.13. The highest BCUT2D eigenvalue weighted by Crippen LogP contribution is 2.24. The molecule has 3 nitrogen and oxygen atoms in total. The Hall–Kier alpha value is -2.36. The number of carbonyl (C=O) groups excluding carboxylic acids is 1. The molecule has 0 unspecified atom stereocenters. The zero-order valence-corrected chi connectivity index (χ0v) is 15.5. The van der Waals surface area contributed by atoms with Crippen LogP contribution in [0.5, 0.6) is 5.75 Å². The summed E-state index contributed by atoms with van der Waals surface area (Å²) < 4.78 is 18.5. The van der Waals surface area contributed by atoms with Crippen molar-refractivity contribution in [2.24, 2.45) is 0 Å². The fraction of sp³-hybridized carbons (Fsp3) is 0.381. The average Bonchev–Trinajstić information content (AvgIpc) is 2.56. The largest absolute Gasteiger partial charge is 0.481 e. The second kappa shape index (κ2) is 7.68. The molecule has 0 aliphatic rings. The van der Waals surface area contributed by atoms with E-state index in [4.69, 9.17) is 4.74 Å². The molecule has 4 heteroatoms. The van der Waals surface area contributed by atoms with Gasteiger partial charge in [0.05, 0.1) is 6.04 Å². The Balaban J connectivity index is 1.95. The van der Waals surface area contributed by atoms with Crippen LogP contribution >= 0.6 is 0 Å². The lowest BCUT2D eigenvalue weighted by Crippen LogP contribution is -2.37. The maximum atomic E-state index is 12.9. The Morgan fingerprint density at radius 2 is 1.56 bits per heavy atom. The molecule has 2 aromatic rings. The average molecular weight is 343 g/mol. The molecule has 0 aromatic heterocycles. The van der Waals surface area contributed by atoms with E-state index < -0.39 is 6.10 Å². The number of rotatable bonds is 5. The van der Waals surface area contributed by atoms with Crippen LogP contribution in [0, 0.1) is 5.82 Å². The fourth-order valence-electron chi connectivity index (χ4n) is 2.46. The summed E-state index contributed by atoms with van der Waals surface area (Å²) in [6.07, 6.45) is -0.665. The van der Waals surface area contributed by atoms with Gasteiger partial charge in [-0.05, 0) is 54.7 Å². The van der Waals surface area contributed by atoms with E-state index in [2.05, 4.69) is 38.2 Å². The second-order valence-corrected chi connectivity index (χ2v) is 7.32. The Labute approximate surface area is 149 Å². The molecule has 2 rings (SSSR count). The van der Waals surface area contributed by atoms with Crippen molar-refractivity contribution in [3.63, 3.8) is 0 Å². The molecule has 0 fully saturated rings. The van der Waals surface area contributed by atoms with Crippen molar-refractivity contribution in [2.45, 2.75) is 52.2 Å². The first kappa shape index (κ1) is 19.0. The molecule has 2 aromatic carbocycles. The quantitative estimate of drug-likeness (QED) is 0.849. The zero-order valence-electron chi connectivity index (χ0n) is 15.5. The highest BCUT2D eigenvalue weighted by atomic mass is 19.1. The lowest BCUT2D eigenvalue weighted by Gasteiger charge is -2.22. The minimum atomic E-state index is -0.665. The number of benzene rings is 2. The molecule has 0 bridgehead atoms. The predicted molar refractivity (Wildman–Crippen MR) is 98.2 cm³/mol. The van der Waals surface area contributed by atoms with Gasteiger partial charge in [0.25, 0.3) is 5.91 Å². The van der Waals surface area contributed by atoms with Crippen LogP contribution in [0.15, 0.2) is 48.5 Å². The molecule has 0 saturated heterocycles. The number of hydrogen-bond acceptors (Lipinski definition) is 2. The molecule has 0 aliphatic heterocycles. The summed E-state index contributed by atoms with van der Waals surface area (Å²) in [6, 6.07) is 13.8. The van der Waals surface area contributed by atoms with Gasteiger partial charge in [-0.2, -0.15) is 0 Å². The lowest BCUT2D eigenvalue weighted by atomic mass is 9.86. The fourth-order valence-corrected chi connectivity index (χ4v) is 2.46. The number of hydrogen-bond donors (Lipinski definition) is 1. The summed E-state index contributed by atoms with van der Waals surface area (Å²) in [5, 5.41) is 2.95. The molecule has 25 heavy (non-hydrogen) atoms. The molecule has 0 aliphatic carbocycles. The van der Waals surface area contributed by atoms with Crippen LogP contribution in [0.4, 0.5) is 4.39 Å². The van der Waals surface area contributed by atoms with Gasteiger partial charge in [-0.25, -0.2) is 4.39 Å². The first-order valence-electron chi connectivity index (χ1n) is 8.50. The van der Waals surface area contributed by atoms with Crippen molar-refractivity contribution in [1.82, 2.24) is 5.32 Å². The molecular formula is C21H26FNO2. The van der Waals surface area contributed by atoms with Crippen LogP contribution in [-0.4, -0.2) is 12.0 Å².